The van der Waals surface area contributed by atoms with Crippen LogP contribution in [0, 0.1) is 6.92 Å². The zero-order chi connectivity index (χ0) is 14.0. The molecular formula is C16H26N2O. The number of nitrogens with one attached hydrogen (secondary N) is 1. The first-order valence-electron chi connectivity index (χ1n) is 7.20. The van der Waals surface area contributed by atoms with Gasteiger partial charge >= 0.3 is 0 Å². The van der Waals surface area contributed by atoms with Gasteiger partial charge in [0, 0.05) is 30.9 Å². The van der Waals surface area contributed by atoms with Gasteiger partial charge in [-0.15, -0.1) is 0 Å². The fraction of sp³-hybridized carbons (Fsp3) is 0.625. The van der Waals surface area contributed by atoms with Gasteiger partial charge in [0.25, 0.3) is 0 Å². The van der Waals surface area contributed by atoms with E-state index in [1.165, 1.54) is 16.8 Å². The van der Waals surface area contributed by atoms with Crippen LogP contribution in [0.3, 0.4) is 0 Å². The molecule has 3 heteroatoms. The largest absolute Gasteiger partial charge is 0.390 e. The number of aryl methyl sites for hydroxylation is 2. The Morgan fingerprint density at radius 1 is 1.42 bits per heavy atom. The van der Waals surface area contributed by atoms with E-state index in [-0.39, 0.29) is 11.6 Å². The molecule has 3 nitrogen and oxygen atoms in total. The summed E-state index contributed by atoms with van der Waals surface area (Å²) in [6.07, 6.45) is 0.707. The van der Waals surface area contributed by atoms with Crippen LogP contribution in [-0.4, -0.2) is 36.4 Å². The summed E-state index contributed by atoms with van der Waals surface area (Å²) in [5, 5.41) is 13.5. The van der Waals surface area contributed by atoms with Crippen LogP contribution in [0.5, 0.6) is 0 Å². The minimum absolute atomic E-state index is 0.00745. The summed E-state index contributed by atoms with van der Waals surface area (Å²) in [6, 6.07) is 6.48. The van der Waals surface area contributed by atoms with Gasteiger partial charge in [0.1, 0.15) is 0 Å². The number of para-hydroxylation sites is 1. The molecule has 1 aromatic rings. The summed E-state index contributed by atoms with van der Waals surface area (Å²) < 4.78 is 0. The molecule has 1 heterocycles. The summed E-state index contributed by atoms with van der Waals surface area (Å²) >= 11 is 0. The molecule has 106 valence electrons. The molecule has 1 atom stereocenters. The van der Waals surface area contributed by atoms with E-state index in [4.69, 9.17) is 0 Å². The second-order valence-corrected chi connectivity index (χ2v) is 6.14. The number of aliphatic hydroxyl groups is 1. The van der Waals surface area contributed by atoms with Crippen LogP contribution in [0.1, 0.15) is 31.9 Å². The third-order valence-electron chi connectivity index (χ3n) is 4.03. The topological polar surface area (TPSA) is 35.5 Å². The van der Waals surface area contributed by atoms with Crippen molar-refractivity contribution < 1.29 is 5.11 Å². The molecule has 0 aliphatic carbocycles. The third kappa shape index (κ3) is 2.93. The summed E-state index contributed by atoms with van der Waals surface area (Å²) in [7, 11) is 0. The smallest absolute Gasteiger partial charge is 0.0839 e. The standard InChI is InChI=1S/C16H26N2O/c1-5-13-8-6-7-12(2)15(13)18-10-14(19)9-17-11-16(18,3)4/h6-8,14,17,19H,5,9-11H2,1-4H3. The lowest BCUT2D eigenvalue weighted by molar-refractivity contribution is 0.183. The number of hydrogen-bond donors (Lipinski definition) is 2. The summed E-state index contributed by atoms with van der Waals surface area (Å²) in [5.74, 6) is 0. The monoisotopic (exact) mass is 262 g/mol. The van der Waals surface area contributed by atoms with Crippen molar-refractivity contribution in [1.82, 2.24) is 5.32 Å². The lowest BCUT2D eigenvalue weighted by Crippen LogP contribution is -2.50. The molecule has 1 aromatic carbocycles. The number of hydrogen-bond acceptors (Lipinski definition) is 3. The number of rotatable bonds is 2. The molecule has 1 saturated heterocycles. The van der Waals surface area contributed by atoms with Gasteiger partial charge in [0.15, 0.2) is 0 Å². The van der Waals surface area contributed by atoms with E-state index in [1.54, 1.807) is 0 Å². The van der Waals surface area contributed by atoms with E-state index in [9.17, 15) is 5.11 Å². The maximum absolute atomic E-state index is 10.1. The second kappa shape index (κ2) is 5.51. The lowest BCUT2D eigenvalue weighted by Gasteiger charge is -2.41. The lowest BCUT2D eigenvalue weighted by atomic mass is 9.97. The molecule has 0 amide bonds. The summed E-state index contributed by atoms with van der Waals surface area (Å²) in [4.78, 5) is 2.38. The molecule has 0 aromatic heterocycles. The van der Waals surface area contributed by atoms with E-state index in [0.29, 0.717) is 13.1 Å². The quantitative estimate of drug-likeness (QED) is 0.857. The molecule has 2 rings (SSSR count). The number of β-amino-alcohol motifs (C(OH)–C–C–N with tert-alkyl or cyclic N) is 1. The van der Waals surface area contributed by atoms with Crippen molar-refractivity contribution in [2.75, 3.05) is 24.5 Å². The molecule has 2 N–H and O–H groups in total. The van der Waals surface area contributed by atoms with Crippen molar-refractivity contribution in [2.45, 2.75) is 45.8 Å². The fourth-order valence-corrected chi connectivity index (χ4v) is 2.95. The van der Waals surface area contributed by atoms with Gasteiger partial charge in [-0.25, -0.2) is 0 Å². The van der Waals surface area contributed by atoms with Gasteiger partial charge in [0.05, 0.1) is 6.10 Å². The van der Waals surface area contributed by atoms with Crippen molar-refractivity contribution in [1.29, 1.82) is 0 Å². The van der Waals surface area contributed by atoms with E-state index < -0.39 is 0 Å². The number of nitrogens with zero attached hydrogens (tertiary/aromatic N) is 1. The normalized spacial score (nSPS) is 23.2. The highest BCUT2D eigenvalue weighted by Gasteiger charge is 2.32. The van der Waals surface area contributed by atoms with Gasteiger partial charge in [-0.3, -0.25) is 0 Å². The highest BCUT2D eigenvalue weighted by atomic mass is 16.3. The third-order valence-corrected chi connectivity index (χ3v) is 4.03. The molecular weight excluding hydrogens is 236 g/mol. The predicted octanol–water partition coefficient (Wildman–Crippen LogP) is 2.11. The zero-order valence-electron chi connectivity index (χ0n) is 12.5. The van der Waals surface area contributed by atoms with Gasteiger partial charge in [-0.05, 0) is 38.3 Å². The molecule has 0 spiro atoms. The highest BCUT2D eigenvalue weighted by molar-refractivity contribution is 5.61. The van der Waals surface area contributed by atoms with E-state index in [0.717, 1.165) is 13.0 Å². The predicted molar refractivity (Wildman–Crippen MR) is 80.9 cm³/mol. The SMILES string of the molecule is CCc1cccc(C)c1N1CC(O)CNCC1(C)C. The van der Waals surface area contributed by atoms with E-state index >= 15 is 0 Å². The van der Waals surface area contributed by atoms with Crippen LogP contribution >= 0.6 is 0 Å². The minimum atomic E-state index is -0.314. The molecule has 1 aliphatic heterocycles. The Kier molecular flexibility index (Phi) is 4.16. The molecule has 1 fully saturated rings. The van der Waals surface area contributed by atoms with Crippen molar-refractivity contribution in [3.05, 3.63) is 29.3 Å². The average Bonchev–Trinajstić information content (AvgIpc) is 2.48. The number of benzene rings is 1. The van der Waals surface area contributed by atoms with Crippen molar-refractivity contribution >= 4 is 5.69 Å². The Balaban J connectivity index is 2.47. The van der Waals surface area contributed by atoms with Gasteiger partial charge < -0.3 is 15.3 Å². The fourth-order valence-electron chi connectivity index (χ4n) is 2.95. The molecule has 1 unspecified atom stereocenters. The van der Waals surface area contributed by atoms with E-state index in [2.05, 4.69) is 56.1 Å². The van der Waals surface area contributed by atoms with Gasteiger partial charge in [0.2, 0.25) is 0 Å². The number of aliphatic hydroxyl groups excluding tert-OH is 1. The van der Waals surface area contributed by atoms with Crippen LogP contribution in [-0.2, 0) is 6.42 Å². The van der Waals surface area contributed by atoms with Crippen LogP contribution in [0.2, 0.25) is 0 Å². The Labute approximate surface area is 116 Å². The minimum Gasteiger partial charge on any atom is -0.390 e. The Morgan fingerprint density at radius 2 is 2.16 bits per heavy atom. The molecule has 0 bridgehead atoms. The van der Waals surface area contributed by atoms with Crippen molar-refractivity contribution in [2.24, 2.45) is 0 Å². The van der Waals surface area contributed by atoms with Gasteiger partial charge in [-0.1, -0.05) is 25.1 Å². The van der Waals surface area contributed by atoms with Crippen LogP contribution < -0.4 is 10.2 Å². The van der Waals surface area contributed by atoms with Crippen molar-refractivity contribution in [3.8, 4) is 0 Å². The van der Waals surface area contributed by atoms with Crippen LogP contribution in [0.4, 0.5) is 5.69 Å². The molecule has 0 radical (unpaired) electrons. The second-order valence-electron chi connectivity index (χ2n) is 6.14. The molecule has 19 heavy (non-hydrogen) atoms. The Hall–Kier alpha value is -1.06. The first kappa shape index (κ1) is 14.4. The first-order valence-corrected chi connectivity index (χ1v) is 7.20. The molecule has 1 aliphatic rings. The van der Waals surface area contributed by atoms with E-state index in [1.807, 2.05) is 0 Å². The average molecular weight is 262 g/mol. The van der Waals surface area contributed by atoms with Crippen molar-refractivity contribution in [3.63, 3.8) is 0 Å². The highest BCUT2D eigenvalue weighted by Crippen LogP contribution is 2.32. The maximum Gasteiger partial charge on any atom is 0.0839 e. The maximum atomic E-state index is 10.1. The summed E-state index contributed by atoms with van der Waals surface area (Å²) in [6.45, 7) is 11.1. The van der Waals surface area contributed by atoms with Crippen LogP contribution in [0.15, 0.2) is 18.2 Å². The first-order chi connectivity index (χ1) is 8.95. The number of anilines is 1. The zero-order valence-corrected chi connectivity index (χ0v) is 12.5. The van der Waals surface area contributed by atoms with Crippen LogP contribution in [0.25, 0.3) is 0 Å². The Bertz CT molecular complexity index is 442. The Morgan fingerprint density at radius 3 is 2.84 bits per heavy atom. The molecule has 0 saturated carbocycles. The summed E-state index contributed by atoms with van der Waals surface area (Å²) in [5.41, 5.74) is 3.97. The van der Waals surface area contributed by atoms with Gasteiger partial charge in [-0.2, -0.15) is 0 Å².